The second-order valence-electron chi connectivity index (χ2n) is 7.00. The van der Waals surface area contributed by atoms with Gasteiger partial charge in [0.05, 0.1) is 10.6 Å². The Labute approximate surface area is 167 Å². The highest BCUT2D eigenvalue weighted by molar-refractivity contribution is 8.26. The lowest BCUT2D eigenvalue weighted by atomic mass is 9.95. The van der Waals surface area contributed by atoms with Crippen molar-refractivity contribution in [1.82, 2.24) is 9.88 Å². The van der Waals surface area contributed by atoms with Crippen molar-refractivity contribution in [2.75, 3.05) is 11.9 Å². The standard InChI is InChI=1S/C18H21N3O4S2/c1-18(2,3)16(25)20-12-6-7-19-10-11(12)9-13-15(24)21(17(26)27-13)8-4-5-14(22)23/h6-7,9-10H,4-5,8H2,1-3H3,(H,22,23)(H,19,20,25). The van der Waals surface area contributed by atoms with E-state index < -0.39 is 11.4 Å². The predicted molar refractivity (Wildman–Crippen MR) is 109 cm³/mol. The number of aromatic nitrogens is 1. The van der Waals surface area contributed by atoms with Gasteiger partial charge >= 0.3 is 5.97 Å². The molecule has 9 heteroatoms. The highest BCUT2D eigenvalue weighted by atomic mass is 32.2. The van der Waals surface area contributed by atoms with Crippen molar-refractivity contribution < 1.29 is 19.5 Å². The molecule has 0 spiro atoms. The molecule has 1 saturated heterocycles. The van der Waals surface area contributed by atoms with Gasteiger partial charge < -0.3 is 10.4 Å². The zero-order valence-corrected chi connectivity index (χ0v) is 16.9. The monoisotopic (exact) mass is 407 g/mol. The maximum absolute atomic E-state index is 12.6. The van der Waals surface area contributed by atoms with E-state index in [1.54, 1.807) is 24.5 Å². The third kappa shape index (κ3) is 5.61. The van der Waals surface area contributed by atoms with Crippen molar-refractivity contribution in [3.8, 4) is 0 Å². The smallest absolute Gasteiger partial charge is 0.303 e. The molecular formula is C18H21N3O4S2. The van der Waals surface area contributed by atoms with Gasteiger partial charge in [-0.2, -0.15) is 0 Å². The molecule has 0 radical (unpaired) electrons. The van der Waals surface area contributed by atoms with Crippen LogP contribution in [0.25, 0.3) is 6.08 Å². The first-order chi connectivity index (χ1) is 12.6. The van der Waals surface area contributed by atoms with E-state index in [-0.39, 0.29) is 24.8 Å². The molecule has 2 rings (SSSR count). The Morgan fingerprint density at radius 3 is 2.74 bits per heavy atom. The van der Waals surface area contributed by atoms with Crippen molar-refractivity contribution in [2.45, 2.75) is 33.6 Å². The van der Waals surface area contributed by atoms with Gasteiger partial charge in [0.1, 0.15) is 4.32 Å². The van der Waals surface area contributed by atoms with Crippen molar-refractivity contribution in [2.24, 2.45) is 5.41 Å². The fraction of sp³-hybridized carbons (Fsp3) is 0.389. The molecule has 0 unspecified atom stereocenters. The minimum atomic E-state index is -0.912. The maximum atomic E-state index is 12.6. The zero-order valence-electron chi connectivity index (χ0n) is 15.3. The van der Waals surface area contributed by atoms with Crippen molar-refractivity contribution in [1.29, 1.82) is 0 Å². The first-order valence-electron chi connectivity index (χ1n) is 8.32. The first-order valence-corrected chi connectivity index (χ1v) is 9.54. The van der Waals surface area contributed by atoms with Crippen LogP contribution >= 0.6 is 24.0 Å². The number of carbonyl (C=O) groups is 3. The van der Waals surface area contributed by atoms with Gasteiger partial charge in [0.25, 0.3) is 5.91 Å². The van der Waals surface area contributed by atoms with Crippen LogP contribution in [0.5, 0.6) is 0 Å². The SMILES string of the molecule is CC(C)(C)C(=O)Nc1ccncc1C=C1SC(=S)N(CCCC(=O)O)C1=O. The van der Waals surface area contributed by atoms with Crippen molar-refractivity contribution in [3.05, 3.63) is 28.9 Å². The second-order valence-corrected chi connectivity index (χ2v) is 8.67. The molecule has 0 atom stereocenters. The maximum Gasteiger partial charge on any atom is 0.303 e. The summed E-state index contributed by atoms with van der Waals surface area (Å²) in [6.07, 6.45) is 5.07. The van der Waals surface area contributed by atoms with E-state index in [4.69, 9.17) is 17.3 Å². The van der Waals surface area contributed by atoms with Crippen LogP contribution in [0.3, 0.4) is 0 Å². The molecule has 0 saturated carbocycles. The summed E-state index contributed by atoms with van der Waals surface area (Å²) >= 11 is 6.39. The molecule has 1 aromatic rings. The number of carboxylic acids is 1. The number of carboxylic acid groups (broad SMARTS) is 1. The van der Waals surface area contributed by atoms with Gasteiger partial charge in [0.2, 0.25) is 5.91 Å². The Hall–Kier alpha value is -2.26. The second kappa shape index (κ2) is 8.62. The number of rotatable bonds is 6. The summed E-state index contributed by atoms with van der Waals surface area (Å²) in [6.45, 7) is 5.69. The quantitative estimate of drug-likeness (QED) is 0.552. The minimum absolute atomic E-state index is 0.0261. The van der Waals surface area contributed by atoms with E-state index in [0.717, 1.165) is 11.8 Å². The third-order valence-electron chi connectivity index (χ3n) is 3.71. The average molecular weight is 408 g/mol. The molecule has 1 aliphatic rings. The number of hydrogen-bond acceptors (Lipinski definition) is 6. The summed E-state index contributed by atoms with van der Waals surface area (Å²) in [5, 5.41) is 11.6. The average Bonchev–Trinajstić information content (AvgIpc) is 2.83. The Kier molecular flexibility index (Phi) is 6.72. The molecule has 2 amide bonds. The molecule has 0 aromatic carbocycles. The van der Waals surface area contributed by atoms with Crippen LogP contribution in [0.4, 0.5) is 5.69 Å². The van der Waals surface area contributed by atoms with E-state index in [1.165, 1.54) is 4.90 Å². The fourth-order valence-electron chi connectivity index (χ4n) is 2.17. The predicted octanol–water partition coefficient (Wildman–Crippen LogP) is 3.13. The number of nitrogens with zero attached hydrogens (tertiary/aromatic N) is 2. The largest absolute Gasteiger partial charge is 0.481 e. The Bertz CT molecular complexity index is 815. The van der Waals surface area contributed by atoms with Gasteiger partial charge in [-0.05, 0) is 18.6 Å². The first kappa shape index (κ1) is 21.0. The summed E-state index contributed by atoms with van der Waals surface area (Å²) in [5.41, 5.74) is 0.593. The van der Waals surface area contributed by atoms with Crippen LogP contribution in [0, 0.1) is 5.41 Å². The van der Waals surface area contributed by atoms with E-state index in [9.17, 15) is 14.4 Å². The van der Waals surface area contributed by atoms with Gasteiger partial charge in [-0.3, -0.25) is 24.3 Å². The summed E-state index contributed by atoms with van der Waals surface area (Å²) in [5.74, 6) is -1.33. The van der Waals surface area contributed by atoms with Crippen molar-refractivity contribution >= 4 is 57.8 Å². The molecule has 2 heterocycles. The van der Waals surface area contributed by atoms with Gasteiger partial charge in [0.15, 0.2) is 0 Å². The highest BCUT2D eigenvalue weighted by Gasteiger charge is 2.32. The zero-order chi connectivity index (χ0) is 20.2. The third-order valence-corrected chi connectivity index (χ3v) is 5.09. The molecule has 2 N–H and O–H groups in total. The lowest BCUT2D eigenvalue weighted by molar-refractivity contribution is -0.137. The number of thioether (sulfide) groups is 1. The lowest BCUT2D eigenvalue weighted by Gasteiger charge is -2.18. The van der Waals surface area contributed by atoms with E-state index in [2.05, 4.69) is 10.3 Å². The normalized spacial score (nSPS) is 16.1. The molecule has 1 aliphatic heterocycles. The van der Waals surface area contributed by atoms with Crippen LogP contribution in [-0.4, -0.2) is 43.6 Å². The Morgan fingerprint density at radius 1 is 1.41 bits per heavy atom. The lowest BCUT2D eigenvalue weighted by Crippen LogP contribution is -2.29. The molecular weight excluding hydrogens is 386 g/mol. The van der Waals surface area contributed by atoms with E-state index in [0.29, 0.717) is 26.9 Å². The molecule has 27 heavy (non-hydrogen) atoms. The number of amides is 2. The fourth-order valence-corrected chi connectivity index (χ4v) is 3.47. The molecule has 0 bridgehead atoms. The molecule has 144 valence electrons. The number of thiocarbonyl (C=S) groups is 1. The summed E-state index contributed by atoms with van der Waals surface area (Å²) in [4.78, 5) is 41.4. The van der Waals surface area contributed by atoms with Crippen LogP contribution in [0.1, 0.15) is 39.2 Å². The van der Waals surface area contributed by atoms with Gasteiger partial charge in [-0.25, -0.2) is 0 Å². The van der Waals surface area contributed by atoms with E-state index >= 15 is 0 Å². The molecule has 1 fully saturated rings. The summed E-state index contributed by atoms with van der Waals surface area (Å²) in [6, 6.07) is 1.67. The number of anilines is 1. The topological polar surface area (TPSA) is 99.6 Å². The molecule has 0 aliphatic carbocycles. The van der Waals surface area contributed by atoms with Crippen LogP contribution < -0.4 is 5.32 Å². The summed E-state index contributed by atoms with van der Waals surface area (Å²) in [7, 11) is 0. The van der Waals surface area contributed by atoms with Crippen LogP contribution in [0.2, 0.25) is 0 Å². The number of pyridine rings is 1. The Balaban J connectivity index is 2.19. The van der Waals surface area contributed by atoms with Gasteiger partial charge in [0, 0.05) is 36.3 Å². The number of hydrogen-bond donors (Lipinski definition) is 2. The molecule has 7 nitrogen and oxygen atoms in total. The minimum Gasteiger partial charge on any atom is -0.481 e. The highest BCUT2D eigenvalue weighted by Crippen LogP contribution is 2.34. The van der Waals surface area contributed by atoms with Gasteiger partial charge in [-0.1, -0.05) is 44.8 Å². The number of nitrogens with one attached hydrogen (secondary N) is 1. The van der Waals surface area contributed by atoms with Crippen molar-refractivity contribution in [3.63, 3.8) is 0 Å². The Morgan fingerprint density at radius 2 is 2.11 bits per heavy atom. The van der Waals surface area contributed by atoms with Crippen LogP contribution in [-0.2, 0) is 14.4 Å². The molecule has 1 aromatic heterocycles. The van der Waals surface area contributed by atoms with Crippen LogP contribution in [0.15, 0.2) is 23.4 Å². The number of carbonyl (C=O) groups excluding carboxylic acids is 2. The summed E-state index contributed by atoms with van der Waals surface area (Å²) < 4.78 is 0.390. The van der Waals surface area contributed by atoms with E-state index in [1.807, 2.05) is 20.8 Å². The number of aliphatic carboxylic acids is 1. The van der Waals surface area contributed by atoms with Gasteiger partial charge in [-0.15, -0.1) is 0 Å².